The van der Waals surface area contributed by atoms with Crippen molar-refractivity contribution in [1.82, 2.24) is 15.5 Å². The fourth-order valence-electron chi connectivity index (χ4n) is 2.76. The third kappa shape index (κ3) is 7.83. The number of carbonyl (C=O) groups excluding carboxylic acids is 2. The summed E-state index contributed by atoms with van der Waals surface area (Å²) >= 11 is 1.29. The molecule has 0 bridgehead atoms. The van der Waals surface area contributed by atoms with Gasteiger partial charge in [-0.15, -0.1) is 11.8 Å². The summed E-state index contributed by atoms with van der Waals surface area (Å²) in [6.07, 6.45) is 0.816. The number of nitro benzene ring substituents is 1. The number of ether oxygens (including phenoxy) is 1. The highest BCUT2D eigenvalue weighted by Gasteiger charge is 2.20. The summed E-state index contributed by atoms with van der Waals surface area (Å²) in [6.45, 7) is 6.06. The van der Waals surface area contributed by atoms with E-state index in [-0.39, 0.29) is 23.3 Å². The zero-order chi connectivity index (χ0) is 20.4. The van der Waals surface area contributed by atoms with E-state index in [1.807, 2.05) is 0 Å². The second-order valence-electron chi connectivity index (χ2n) is 6.42. The Morgan fingerprint density at radius 1 is 1.36 bits per heavy atom. The number of rotatable bonds is 10. The van der Waals surface area contributed by atoms with Crippen LogP contribution >= 0.6 is 11.8 Å². The molecule has 2 rings (SSSR count). The quantitative estimate of drug-likeness (QED) is 0.256. The van der Waals surface area contributed by atoms with Crippen LogP contribution in [0.5, 0.6) is 0 Å². The van der Waals surface area contributed by atoms with Crippen molar-refractivity contribution in [1.29, 1.82) is 0 Å². The van der Waals surface area contributed by atoms with Crippen LogP contribution in [0.3, 0.4) is 0 Å². The Bertz CT molecular complexity index is 682. The van der Waals surface area contributed by atoms with E-state index in [1.54, 1.807) is 12.1 Å². The Hall–Kier alpha value is -2.17. The van der Waals surface area contributed by atoms with E-state index in [2.05, 4.69) is 15.5 Å². The van der Waals surface area contributed by atoms with Crippen LogP contribution in [0.25, 0.3) is 0 Å². The van der Waals surface area contributed by atoms with Gasteiger partial charge >= 0.3 is 0 Å². The number of nitro groups is 1. The number of amides is 2. The van der Waals surface area contributed by atoms with E-state index in [1.165, 1.54) is 30.8 Å². The second-order valence-corrected chi connectivity index (χ2v) is 7.51. The Morgan fingerprint density at radius 3 is 2.79 bits per heavy atom. The number of thioether (sulfide) groups is 1. The molecule has 1 heterocycles. The van der Waals surface area contributed by atoms with E-state index >= 15 is 0 Å². The van der Waals surface area contributed by atoms with Gasteiger partial charge in [0, 0.05) is 49.3 Å². The standard InChI is InChI=1S/C18H26N4O5S/c1-14(23)20-17(13-28-16-5-2-4-15(12-16)22(25)26)18(24)19-6-3-7-21-8-10-27-11-9-21/h2,4-5,12,17H,3,6-11,13H2,1H3,(H,19,24)(H,20,23). The number of nitrogens with zero attached hydrogens (tertiary/aromatic N) is 2. The molecule has 0 radical (unpaired) electrons. The van der Waals surface area contributed by atoms with E-state index in [0.29, 0.717) is 11.4 Å². The zero-order valence-corrected chi connectivity index (χ0v) is 16.7. The van der Waals surface area contributed by atoms with Gasteiger partial charge in [0.05, 0.1) is 18.1 Å². The molecule has 2 N–H and O–H groups in total. The first-order valence-corrected chi connectivity index (χ1v) is 10.2. The number of hydrogen-bond donors (Lipinski definition) is 2. The Balaban J connectivity index is 1.80. The third-order valence-electron chi connectivity index (χ3n) is 4.19. The molecule has 1 aromatic rings. The molecule has 2 amide bonds. The van der Waals surface area contributed by atoms with Gasteiger partial charge in [0.2, 0.25) is 11.8 Å². The van der Waals surface area contributed by atoms with Crippen molar-refractivity contribution < 1.29 is 19.2 Å². The lowest BCUT2D eigenvalue weighted by molar-refractivity contribution is -0.385. The monoisotopic (exact) mass is 410 g/mol. The number of morpholine rings is 1. The molecular formula is C18H26N4O5S. The first-order valence-electron chi connectivity index (χ1n) is 9.18. The minimum Gasteiger partial charge on any atom is -0.379 e. The van der Waals surface area contributed by atoms with Gasteiger partial charge in [0.25, 0.3) is 5.69 Å². The molecule has 1 aromatic carbocycles. The van der Waals surface area contributed by atoms with Crippen molar-refractivity contribution in [2.75, 3.05) is 45.1 Å². The van der Waals surface area contributed by atoms with E-state index in [0.717, 1.165) is 39.3 Å². The number of carbonyl (C=O) groups is 2. The maximum atomic E-state index is 12.4. The van der Waals surface area contributed by atoms with Crippen LogP contribution < -0.4 is 10.6 Å². The summed E-state index contributed by atoms with van der Waals surface area (Å²) < 4.78 is 5.31. The summed E-state index contributed by atoms with van der Waals surface area (Å²) in [5.74, 6) is -0.265. The smallest absolute Gasteiger partial charge is 0.270 e. The molecule has 1 aliphatic rings. The van der Waals surface area contributed by atoms with Gasteiger partial charge in [0.15, 0.2) is 0 Å². The molecule has 0 aromatic heterocycles. The molecule has 1 unspecified atom stereocenters. The maximum Gasteiger partial charge on any atom is 0.270 e. The molecule has 1 saturated heterocycles. The Kier molecular flexibility index (Phi) is 9.18. The van der Waals surface area contributed by atoms with Crippen LogP contribution in [-0.4, -0.2) is 72.8 Å². The molecule has 1 atom stereocenters. The molecule has 1 fully saturated rings. The highest BCUT2D eigenvalue weighted by molar-refractivity contribution is 7.99. The lowest BCUT2D eigenvalue weighted by Gasteiger charge is -2.26. The molecular weight excluding hydrogens is 384 g/mol. The van der Waals surface area contributed by atoms with Crippen LogP contribution in [0.4, 0.5) is 5.69 Å². The summed E-state index contributed by atoms with van der Waals surface area (Å²) in [6, 6.07) is 5.50. The van der Waals surface area contributed by atoms with Gasteiger partial charge in [-0.05, 0) is 19.0 Å². The molecule has 28 heavy (non-hydrogen) atoms. The second kappa shape index (κ2) is 11.6. The van der Waals surface area contributed by atoms with Crippen LogP contribution in [0.2, 0.25) is 0 Å². The highest BCUT2D eigenvalue weighted by Crippen LogP contribution is 2.23. The van der Waals surface area contributed by atoms with Crippen LogP contribution in [0, 0.1) is 10.1 Å². The molecule has 9 nitrogen and oxygen atoms in total. The van der Waals surface area contributed by atoms with Gasteiger partial charge < -0.3 is 15.4 Å². The molecule has 0 saturated carbocycles. The average molecular weight is 410 g/mol. The van der Waals surface area contributed by atoms with Gasteiger partial charge in [-0.25, -0.2) is 0 Å². The Labute approximate surface area is 168 Å². The van der Waals surface area contributed by atoms with E-state index in [9.17, 15) is 19.7 Å². The summed E-state index contributed by atoms with van der Waals surface area (Å²) in [4.78, 5) is 37.3. The van der Waals surface area contributed by atoms with Crippen molar-refractivity contribution in [2.45, 2.75) is 24.3 Å². The molecule has 0 spiro atoms. The summed E-state index contributed by atoms with van der Waals surface area (Å²) in [5, 5.41) is 16.4. The van der Waals surface area contributed by atoms with Crippen molar-refractivity contribution in [3.8, 4) is 0 Å². The van der Waals surface area contributed by atoms with Crippen molar-refractivity contribution >= 4 is 29.3 Å². The Morgan fingerprint density at radius 2 is 2.11 bits per heavy atom. The van der Waals surface area contributed by atoms with E-state index in [4.69, 9.17) is 4.74 Å². The largest absolute Gasteiger partial charge is 0.379 e. The normalized spacial score (nSPS) is 15.6. The molecule has 1 aliphatic heterocycles. The lowest BCUT2D eigenvalue weighted by atomic mass is 10.3. The van der Waals surface area contributed by atoms with Gasteiger partial charge in [0.1, 0.15) is 6.04 Å². The topological polar surface area (TPSA) is 114 Å². The van der Waals surface area contributed by atoms with Crippen molar-refractivity contribution in [3.63, 3.8) is 0 Å². The van der Waals surface area contributed by atoms with Crippen LogP contribution in [-0.2, 0) is 14.3 Å². The van der Waals surface area contributed by atoms with Gasteiger partial charge in [-0.2, -0.15) is 0 Å². The predicted molar refractivity (Wildman–Crippen MR) is 106 cm³/mol. The minimum absolute atomic E-state index is 0.00589. The fourth-order valence-corrected chi connectivity index (χ4v) is 3.73. The summed E-state index contributed by atoms with van der Waals surface area (Å²) in [5.41, 5.74) is -0.00589. The van der Waals surface area contributed by atoms with Crippen molar-refractivity contribution in [3.05, 3.63) is 34.4 Å². The minimum atomic E-state index is -0.704. The third-order valence-corrected chi connectivity index (χ3v) is 5.28. The van der Waals surface area contributed by atoms with Crippen LogP contribution in [0.1, 0.15) is 13.3 Å². The number of nitrogens with one attached hydrogen (secondary N) is 2. The van der Waals surface area contributed by atoms with Crippen molar-refractivity contribution in [2.24, 2.45) is 0 Å². The summed E-state index contributed by atoms with van der Waals surface area (Å²) in [7, 11) is 0. The molecule has 10 heteroatoms. The van der Waals surface area contributed by atoms with Gasteiger partial charge in [-0.3, -0.25) is 24.6 Å². The number of benzene rings is 1. The van der Waals surface area contributed by atoms with Crippen LogP contribution in [0.15, 0.2) is 29.2 Å². The SMILES string of the molecule is CC(=O)NC(CSc1cccc([N+](=O)[O-])c1)C(=O)NCCCN1CCOCC1. The maximum absolute atomic E-state index is 12.4. The average Bonchev–Trinajstić information content (AvgIpc) is 2.69. The highest BCUT2D eigenvalue weighted by atomic mass is 32.2. The van der Waals surface area contributed by atoms with E-state index < -0.39 is 11.0 Å². The predicted octanol–water partition coefficient (Wildman–Crippen LogP) is 1.03. The number of hydrogen-bond acceptors (Lipinski definition) is 7. The first kappa shape index (κ1) is 22.1. The molecule has 0 aliphatic carbocycles. The number of non-ortho nitro benzene ring substituents is 1. The van der Waals surface area contributed by atoms with Gasteiger partial charge in [-0.1, -0.05) is 6.07 Å². The fraction of sp³-hybridized carbons (Fsp3) is 0.556. The molecule has 154 valence electrons. The zero-order valence-electron chi connectivity index (χ0n) is 15.9. The first-order chi connectivity index (χ1) is 13.5. The lowest BCUT2D eigenvalue weighted by Crippen LogP contribution is -2.48.